The van der Waals surface area contributed by atoms with E-state index in [2.05, 4.69) is 164 Å². The van der Waals surface area contributed by atoms with Crippen LogP contribution in [0.3, 0.4) is 0 Å². The van der Waals surface area contributed by atoms with Gasteiger partial charge in [-0.3, -0.25) is 0 Å². The molecule has 0 saturated heterocycles. The van der Waals surface area contributed by atoms with Gasteiger partial charge in [-0.15, -0.1) is 0 Å². The topological polar surface area (TPSA) is 12.9 Å². The Morgan fingerprint density at radius 3 is 0.976 bits per heavy atom. The van der Waals surface area contributed by atoms with Crippen LogP contribution in [0.1, 0.15) is 0 Å². The predicted octanol–water partition coefficient (Wildman–Crippen LogP) is 6.84. The molecule has 0 unspecified atom stereocenters. The Hall–Kier alpha value is -4.41. The second-order valence-electron chi connectivity index (χ2n) is 10.6. The molecule has 0 aliphatic heterocycles. The van der Waals surface area contributed by atoms with Crippen LogP contribution in [0.2, 0.25) is 0 Å². The Bertz CT molecular complexity index is 1880. The van der Waals surface area contributed by atoms with Crippen LogP contribution in [0.4, 0.5) is 0 Å². The first-order valence-corrected chi connectivity index (χ1v) is 18.1. The van der Waals surface area contributed by atoms with Gasteiger partial charge in [0.2, 0.25) is 0 Å². The number of para-hydroxylation sites is 2. The molecule has 0 N–H and O–H groups in total. The summed E-state index contributed by atoms with van der Waals surface area (Å²) < 4.78 is 0. The van der Waals surface area contributed by atoms with Gasteiger partial charge in [0.15, 0.2) is 0 Å². The molecule has 6 aromatic carbocycles. The molecule has 0 aliphatic rings. The Morgan fingerprint density at radius 1 is 0.357 bits per heavy atom. The van der Waals surface area contributed by atoms with Crippen molar-refractivity contribution < 1.29 is 0 Å². The standard InChI is InChI=1S/C39H31NP2/c1-41(32-19-7-3-8-20-32,33-21-9-4-10-22-33)36-27-15-17-30-29-31-18-16-28-37(39(31)40-38(30)36)42(2,34-23-11-5-12-24-34)35-25-13-6-14-26-35/h3-29H,1-2H2. The number of hydrogen-bond acceptors (Lipinski definition) is 1. The first kappa shape index (κ1) is 26.5. The van der Waals surface area contributed by atoms with E-state index in [1.165, 1.54) is 31.8 Å². The van der Waals surface area contributed by atoms with Crippen LogP contribution >= 0.6 is 13.8 Å². The maximum Gasteiger partial charge on any atom is 0.0792 e. The molecule has 7 rings (SSSR count). The molecule has 3 heteroatoms. The van der Waals surface area contributed by atoms with Crippen LogP contribution in [-0.4, -0.2) is 17.6 Å². The highest BCUT2D eigenvalue weighted by atomic mass is 31.2. The average Bonchev–Trinajstić information content (AvgIpc) is 3.07. The lowest BCUT2D eigenvalue weighted by molar-refractivity contribution is 1.53. The van der Waals surface area contributed by atoms with E-state index in [1.54, 1.807) is 0 Å². The SMILES string of the molecule is C=P(c1ccccc1)(c1ccccc1)c1cccc2cc3cccc(P(=C)(c4ccccc4)c4ccccc4)c3nc12. The van der Waals surface area contributed by atoms with Gasteiger partial charge in [0.05, 0.1) is 11.0 Å². The van der Waals surface area contributed by atoms with E-state index in [0.29, 0.717) is 0 Å². The van der Waals surface area contributed by atoms with Crippen molar-refractivity contribution in [2.24, 2.45) is 0 Å². The quantitative estimate of drug-likeness (QED) is 0.156. The van der Waals surface area contributed by atoms with Gasteiger partial charge >= 0.3 is 0 Å². The second kappa shape index (κ2) is 10.8. The molecular formula is C39H31NP2. The van der Waals surface area contributed by atoms with Crippen LogP contribution in [-0.2, 0) is 0 Å². The maximum absolute atomic E-state index is 5.59. The Kier molecular flexibility index (Phi) is 6.79. The third-order valence-electron chi connectivity index (χ3n) is 8.24. The minimum absolute atomic E-state index is 1.01. The van der Waals surface area contributed by atoms with Crippen molar-refractivity contribution in [2.75, 3.05) is 0 Å². The summed E-state index contributed by atoms with van der Waals surface area (Å²) in [5.74, 6) is 0. The number of nitrogens with zero attached hydrogens (tertiary/aromatic N) is 1. The smallest absolute Gasteiger partial charge is 0.0792 e. The number of benzene rings is 6. The van der Waals surface area contributed by atoms with Gasteiger partial charge in [-0.1, -0.05) is 170 Å². The zero-order valence-electron chi connectivity index (χ0n) is 23.3. The molecule has 0 saturated carbocycles. The molecule has 0 amide bonds. The summed E-state index contributed by atoms with van der Waals surface area (Å²) in [6, 6.07) is 58.4. The highest BCUT2D eigenvalue weighted by Crippen LogP contribution is 2.46. The van der Waals surface area contributed by atoms with Crippen molar-refractivity contribution in [3.05, 3.63) is 164 Å². The first-order chi connectivity index (χ1) is 20.6. The molecule has 1 aromatic heterocycles. The van der Waals surface area contributed by atoms with Gasteiger partial charge < -0.3 is 0 Å². The maximum atomic E-state index is 5.59. The average molecular weight is 576 g/mol. The predicted molar refractivity (Wildman–Crippen MR) is 191 cm³/mol. The molecule has 7 aromatic rings. The number of rotatable bonds is 6. The lowest BCUT2D eigenvalue weighted by Gasteiger charge is -2.29. The lowest BCUT2D eigenvalue weighted by atomic mass is 10.1. The first-order valence-electron chi connectivity index (χ1n) is 14.1. The molecule has 0 bridgehead atoms. The van der Waals surface area contributed by atoms with Gasteiger partial charge in [0, 0.05) is 21.4 Å². The summed E-state index contributed by atoms with van der Waals surface area (Å²) >= 11 is 0. The van der Waals surface area contributed by atoms with Crippen molar-refractivity contribution in [1.29, 1.82) is 0 Å². The number of aromatic nitrogens is 1. The summed E-state index contributed by atoms with van der Waals surface area (Å²) in [7, 11) is 0. The van der Waals surface area contributed by atoms with Crippen LogP contribution in [0, 0.1) is 0 Å². The monoisotopic (exact) mass is 575 g/mol. The Balaban J connectivity index is 1.57. The van der Waals surface area contributed by atoms with Crippen LogP contribution in [0.25, 0.3) is 21.8 Å². The third-order valence-corrected chi connectivity index (χ3v) is 15.3. The fraction of sp³-hybridized carbons (Fsp3) is 0. The Labute approximate surface area is 248 Å². The minimum atomic E-state index is -2.24. The summed E-state index contributed by atoms with van der Waals surface area (Å²) in [5, 5.41) is 9.62. The van der Waals surface area contributed by atoms with Crippen molar-refractivity contribution in [1.82, 2.24) is 4.98 Å². The van der Waals surface area contributed by atoms with Crippen molar-refractivity contribution in [3.8, 4) is 0 Å². The minimum Gasteiger partial charge on any atom is -0.246 e. The highest BCUT2D eigenvalue weighted by molar-refractivity contribution is 7.94. The lowest BCUT2D eigenvalue weighted by Crippen LogP contribution is -2.27. The molecular weight excluding hydrogens is 544 g/mol. The van der Waals surface area contributed by atoms with E-state index in [4.69, 9.17) is 17.6 Å². The van der Waals surface area contributed by atoms with E-state index in [-0.39, 0.29) is 0 Å². The molecule has 0 radical (unpaired) electrons. The molecule has 1 heterocycles. The molecule has 0 atom stereocenters. The summed E-state index contributed by atoms with van der Waals surface area (Å²) in [4.78, 5) is 5.59. The molecule has 0 spiro atoms. The Morgan fingerprint density at radius 2 is 0.667 bits per heavy atom. The number of pyridine rings is 1. The molecule has 42 heavy (non-hydrogen) atoms. The zero-order chi connectivity index (χ0) is 28.6. The second-order valence-corrected chi connectivity index (χ2v) is 16.9. The number of fused-ring (bicyclic) bond motifs is 2. The van der Waals surface area contributed by atoms with E-state index >= 15 is 0 Å². The van der Waals surface area contributed by atoms with Crippen LogP contribution in [0.5, 0.6) is 0 Å². The fourth-order valence-electron chi connectivity index (χ4n) is 6.05. The highest BCUT2D eigenvalue weighted by Gasteiger charge is 2.27. The third kappa shape index (κ3) is 4.29. The van der Waals surface area contributed by atoms with Gasteiger partial charge in [0.25, 0.3) is 0 Å². The van der Waals surface area contributed by atoms with Gasteiger partial charge in [-0.25, -0.2) is 4.98 Å². The number of hydrogen-bond donors (Lipinski definition) is 0. The van der Waals surface area contributed by atoms with Crippen LogP contribution < -0.4 is 31.8 Å². The zero-order valence-corrected chi connectivity index (χ0v) is 25.1. The van der Waals surface area contributed by atoms with E-state index in [9.17, 15) is 0 Å². The van der Waals surface area contributed by atoms with Crippen LogP contribution in [0.15, 0.2) is 164 Å². The van der Waals surface area contributed by atoms with E-state index in [1.807, 2.05) is 0 Å². The summed E-state index contributed by atoms with van der Waals surface area (Å²) in [6.45, 7) is -4.48. The summed E-state index contributed by atoms with van der Waals surface area (Å²) in [5.41, 5.74) is 2.03. The van der Waals surface area contributed by atoms with Crippen molar-refractivity contribution in [3.63, 3.8) is 0 Å². The van der Waals surface area contributed by atoms with Crippen molar-refractivity contribution in [2.45, 2.75) is 0 Å². The van der Waals surface area contributed by atoms with E-state index in [0.717, 1.165) is 21.8 Å². The molecule has 1 nitrogen and oxygen atoms in total. The van der Waals surface area contributed by atoms with Gasteiger partial charge in [-0.2, -0.15) is 0 Å². The van der Waals surface area contributed by atoms with E-state index < -0.39 is 13.8 Å². The van der Waals surface area contributed by atoms with Gasteiger partial charge in [-0.05, 0) is 41.1 Å². The summed E-state index contributed by atoms with van der Waals surface area (Å²) in [6.07, 6.45) is 10.1. The van der Waals surface area contributed by atoms with Crippen molar-refractivity contribution >= 4 is 80.0 Å². The molecule has 202 valence electrons. The molecule has 0 fully saturated rings. The van der Waals surface area contributed by atoms with Gasteiger partial charge in [0.1, 0.15) is 0 Å². The normalized spacial score (nSPS) is 12.0. The largest absolute Gasteiger partial charge is 0.246 e. The molecule has 0 aliphatic carbocycles. The fourth-order valence-corrected chi connectivity index (χ4v) is 12.2.